The third kappa shape index (κ3) is 1.70. The van der Waals surface area contributed by atoms with Gasteiger partial charge in [0.1, 0.15) is 5.92 Å². The number of aliphatic hydroxyl groups excluding tert-OH is 1. The van der Waals surface area contributed by atoms with Gasteiger partial charge in [-0.3, -0.25) is 9.36 Å². The van der Waals surface area contributed by atoms with E-state index in [0.29, 0.717) is 16.9 Å². The van der Waals surface area contributed by atoms with Gasteiger partial charge >= 0.3 is 0 Å². The molecule has 20 heavy (non-hydrogen) atoms. The Morgan fingerprint density at radius 2 is 2.30 bits per heavy atom. The molecule has 0 radical (unpaired) electrons. The van der Waals surface area contributed by atoms with Crippen molar-refractivity contribution in [1.82, 2.24) is 4.57 Å². The highest BCUT2D eigenvalue weighted by atomic mass is 16.5. The number of rotatable bonds is 1. The van der Waals surface area contributed by atoms with Crippen LogP contribution < -0.4 is 4.74 Å². The van der Waals surface area contributed by atoms with Crippen molar-refractivity contribution in [3.63, 3.8) is 0 Å². The second-order valence-electron chi connectivity index (χ2n) is 4.90. The SMILES string of the molecule is COc1c(O)cn2c1C=[N+]([O-])C1=CC[C@@H](O)C[C@H]1C2=O. The molecule has 7 heteroatoms. The van der Waals surface area contributed by atoms with Crippen LogP contribution in [0.15, 0.2) is 18.0 Å². The minimum Gasteiger partial charge on any atom is -0.618 e. The lowest BCUT2D eigenvalue weighted by molar-refractivity contribution is -0.404. The average Bonchev–Trinajstić information content (AvgIpc) is 2.69. The summed E-state index contributed by atoms with van der Waals surface area (Å²) in [5.41, 5.74) is 0.528. The monoisotopic (exact) mass is 278 g/mol. The lowest BCUT2D eigenvalue weighted by atomic mass is 9.89. The molecule has 0 bridgehead atoms. The number of aliphatic hydroxyl groups is 1. The van der Waals surface area contributed by atoms with Crippen LogP contribution in [-0.2, 0) is 0 Å². The van der Waals surface area contributed by atoms with E-state index in [1.54, 1.807) is 6.08 Å². The molecule has 1 aromatic heterocycles. The van der Waals surface area contributed by atoms with Gasteiger partial charge in [0.05, 0.1) is 19.4 Å². The third-order valence-corrected chi connectivity index (χ3v) is 3.67. The molecule has 1 aromatic rings. The number of fused-ring (bicyclic) bond motifs is 2. The molecule has 0 fully saturated rings. The van der Waals surface area contributed by atoms with Gasteiger partial charge in [-0.15, -0.1) is 0 Å². The molecule has 0 spiro atoms. The molecule has 7 nitrogen and oxygen atoms in total. The van der Waals surface area contributed by atoms with Crippen LogP contribution in [0.3, 0.4) is 0 Å². The number of hydroxylamine groups is 1. The number of ether oxygens (including phenoxy) is 1. The predicted octanol–water partition coefficient (Wildman–Crippen LogP) is 0.440. The van der Waals surface area contributed by atoms with Gasteiger partial charge in [0.15, 0.2) is 17.2 Å². The molecule has 2 heterocycles. The topological polar surface area (TPSA) is 97.8 Å². The molecule has 0 amide bonds. The summed E-state index contributed by atoms with van der Waals surface area (Å²) < 4.78 is 6.82. The van der Waals surface area contributed by atoms with Crippen molar-refractivity contribution in [3.8, 4) is 11.5 Å². The maximum Gasteiger partial charge on any atom is 0.245 e. The summed E-state index contributed by atoms with van der Waals surface area (Å²) in [5.74, 6) is -1.20. The fourth-order valence-corrected chi connectivity index (χ4v) is 2.72. The van der Waals surface area contributed by atoms with E-state index in [4.69, 9.17) is 4.74 Å². The van der Waals surface area contributed by atoms with Crippen molar-refractivity contribution >= 4 is 12.1 Å². The second kappa shape index (κ2) is 4.38. The van der Waals surface area contributed by atoms with Gasteiger partial charge in [0.25, 0.3) is 0 Å². The Balaban J connectivity index is 2.20. The number of hydrogen-bond acceptors (Lipinski definition) is 5. The van der Waals surface area contributed by atoms with Gasteiger partial charge < -0.3 is 20.2 Å². The number of aromatic hydroxyl groups is 1. The van der Waals surface area contributed by atoms with Crippen LogP contribution in [0, 0.1) is 11.1 Å². The summed E-state index contributed by atoms with van der Waals surface area (Å²) in [7, 11) is 1.35. The first-order valence-electron chi connectivity index (χ1n) is 6.24. The first kappa shape index (κ1) is 12.7. The lowest BCUT2D eigenvalue weighted by Crippen LogP contribution is -2.31. The predicted molar refractivity (Wildman–Crippen MR) is 68.9 cm³/mol. The first-order chi connectivity index (χ1) is 9.52. The molecule has 0 aromatic carbocycles. The molecule has 2 N–H and O–H groups in total. The van der Waals surface area contributed by atoms with Crippen LogP contribution in [0.5, 0.6) is 11.5 Å². The zero-order chi connectivity index (χ0) is 14.4. The molecule has 0 saturated heterocycles. The number of methoxy groups -OCH3 is 1. The zero-order valence-electron chi connectivity index (χ0n) is 10.8. The number of allylic oxidation sites excluding steroid dienone is 1. The van der Waals surface area contributed by atoms with Gasteiger partial charge in [-0.1, -0.05) is 0 Å². The number of carbonyl (C=O) groups is 1. The van der Waals surface area contributed by atoms with Crippen molar-refractivity contribution in [2.45, 2.75) is 18.9 Å². The van der Waals surface area contributed by atoms with Crippen molar-refractivity contribution in [2.24, 2.45) is 5.92 Å². The molecular weight excluding hydrogens is 264 g/mol. The molecule has 106 valence electrons. The Morgan fingerprint density at radius 1 is 1.55 bits per heavy atom. The Hall–Kier alpha value is -2.28. The fourth-order valence-electron chi connectivity index (χ4n) is 2.72. The molecule has 2 aliphatic rings. The van der Waals surface area contributed by atoms with E-state index in [2.05, 4.69) is 0 Å². The van der Waals surface area contributed by atoms with Crippen LogP contribution in [0.25, 0.3) is 0 Å². The summed E-state index contributed by atoms with van der Waals surface area (Å²) in [5, 5.41) is 31.6. The van der Waals surface area contributed by atoms with Crippen molar-refractivity contribution in [1.29, 1.82) is 0 Å². The molecule has 0 unspecified atom stereocenters. The molecule has 1 aliphatic carbocycles. The Bertz CT molecular complexity index is 643. The summed E-state index contributed by atoms with van der Waals surface area (Å²) in [4.78, 5) is 12.5. The smallest absolute Gasteiger partial charge is 0.245 e. The summed E-state index contributed by atoms with van der Waals surface area (Å²) in [6.07, 6.45) is 3.92. The average molecular weight is 278 g/mol. The van der Waals surface area contributed by atoms with E-state index < -0.39 is 12.0 Å². The number of carbonyl (C=O) groups excluding carboxylic acids is 1. The van der Waals surface area contributed by atoms with Crippen LogP contribution >= 0.6 is 0 Å². The molecule has 0 saturated carbocycles. The van der Waals surface area contributed by atoms with Crippen LogP contribution in [0.1, 0.15) is 23.3 Å². The first-order valence-corrected chi connectivity index (χ1v) is 6.24. The van der Waals surface area contributed by atoms with Crippen LogP contribution in [-0.4, -0.2) is 44.9 Å². The maximum absolute atomic E-state index is 12.5. The number of nitrogens with zero attached hydrogens (tertiary/aromatic N) is 2. The Labute approximate surface area is 114 Å². The highest BCUT2D eigenvalue weighted by Crippen LogP contribution is 2.36. The van der Waals surface area contributed by atoms with Gasteiger partial charge in [0, 0.05) is 0 Å². The quantitative estimate of drug-likeness (QED) is 0.574. The number of hydrogen-bond donors (Lipinski definition) is 2. The minimum absolute atomic E-state index is 0.0824. The van der Waals surface area contributed by atoms with E-state index in [-0.39, 0.29) is 29.5 Å². The van der Waals surface area contributed by atoms with Crippen LogP contribution in [0.2, 0.25) is 0 Å². The summed E-state index contributed by atoms with van der Waals surface area (Å²) in [6.45, 7) is 0. The van der Waals surface area contributed by atoms with E-state index in [0.717, 1.165) is 0 Å². The zero-order valence-corrected chi connectivity index (χ0v) is 10.8. The second-order valence-corrected chi connectivity index (χ2v) is 4.90. The minimum atomic E-state index is -0.717. The maximum atomic E-state index is 12.5. The highest BCUT2D eigenvalue weighted by molar-refractivity contribution is 5.94. The van der Waals surface area contributed by atoms with Crippen molar-refractivity contribution in [3.05, 3.63) is 28.9 Å². The number of aromatic nitrogens is 1. The standard InChI is InChI=1S/C13H14N2O5/c1-20-12-10-5-15(19)9-3-2-7(16)4-8(9)13(18)14(10)6-11(12)17/h3,5-8,16-17H,2,4H2,1H3/t7-,8-/m1/s1. The summed E-state index contributed by atoms with van der Waals surface area (Å²) in [6, 6.07) is 0. The van der Waals surface area contributed by atoms with Gasteiger partial charge in [-0.25, -0.2) is 0 Å². The molecule has 2 atom stereocenters. The van der Waals surface area contributed by atoms with Gasteiger partial charge in [-0.05, 0) is 18.9 Å². The molecule has 3 rings (SSSR count). The Kier molecular flexibility index (Phi) is 2.79. The lowest BCUT2D eigenvalue weighted by Gasteiger charge is -2.22. The highest BCUT2D eigenvalue weighted by Gasteiger charge is 2.39. The van der Waals surface area contributed by atoms with Crippen molar-refractivity contribution in [2.75, 3.05) is 7.11 Å². The third-order valence-electron chi connectivity index (χ3n) is 3.67. The summed E-state index contributed by atoms with van der Waals surface area (Å²) >= 11 is 0. The largest absolute Gasteiger partial charge is 0.618 e. The van der Waals surface area contributed by atoms with Crippen LogP contribution in [0.4, 0.5) is 0 Å². The van der Waals surface area contributed by atoms with E-state index >= 15 is 0 Å². The molecular formula is C13H14N2O5. The van der Waals surface area contributed by atoms with E-state index in [1.165, 1.54) is 24.1 Å². The Morgan fingerprint density at radius 3 is 3.00 bits per heavy atom. The van der Waals surface area contributed by atoms with Gasteiger partial charge in [0.2, 0.25) is 17.8 Å². The van der Waals surface area contributed by atoms with Crippen molar-refractivity contribution < 1.29 is 24.5 Å². The molecule has 1 aliphatic heterocycles. The van der Waals surface area contributed by atoms with E-state index in [9.17, 15) is 20.2 Å². The van der Waals surface area contributed by atoms with Gasteiger partial charge in [-0.2, -0.15) is 4.74 Å². The normalized spacial score (nSPS) is 25.2. The fraction of sp³-hybridized carbons (Fsp3) is 0.385. The van der Waals surface area contributed by atoms with E-state index in [1.807, 2.05) is 0 Å².